The van der Waals surface area contributed by atoms with Gasteiger partial charge in [-0.2, -0.15) is 0 Å². The van der Waals surface area contributed by atoms with Crippen LogP contribution >= 0.6 is 11.6 Å². The van der Waals surface area contributed by atoms with Gasteiger partial charge in [0.1, 0.15) is 11.6 Å². The van der Waals surface area contributed by atoms with Gasteiger partial charge in [-0.25, -0.2) is 9.37 Å². The predicted molar refractivity (Wildman–Crippen MR) is 82.3 cm³/mol. The summed E-state index contributed by atoms with van der Waals surface area (Å²) in [4.78, 5) is 4.12. The number of benzene rings is 1. The molecule has 0 saturated carbocycles. The average molecular weight is 309 g/mol. The van der Waals surface area contributed by atoms with E-state index in [-0.39, 0.29) is 5.02 Å². The molecule has 5 heteroatoms. The number of rotatable bonds is 6. The Morgan fingerprint density at radius 3 is 2.81 bits per heavy atom. The quantitative estimate of drug-likeness (QED) is 0.858. The molecule has 0 fully saturated rings. The van der Waals surface area contributed by atoms with E-state index in [0.717, 1.165) is 18.7 Å². The van der Waals surface area contributed by atoms with E-state index < -0.39 is 5.82 Å². The molecule has 3 nitrogen and oxygen atoms in total. The molecule has 112 valence electrons. The minimum atomic E-state index is -0.510. The van der Waals surface area contributed by atoms with Crippen molar-refractivity contribution in [3.8, 4) is 11.6 Å². The van der Waals surface area contributed by atoms with E-state index in [1.54, 1.807) is 12.3 Å². The van der Waals surface area contributed by atoms with Crippen molar-refractivity contribution in [3.63, 3.8) is 0 Å². The SMILES string of the molecule is CC(C)CNCc1ccnc(Oc2ccc(Cl)c(F)c2)c1. The van der Waals surface area contributed by atoms with E-state index in [0.29, 0.717) is 17.5 Å². The lowest BCUT2D eigenvalue weighted by molar-refractivity contribution is 0.456. The molecular formula is C16H18ClFN2O. The van der Waals surface area contributed by atoms with Crippen LogP contribution in [0.15, 0.2) is 36.5 Å². The van der Waals surface area contributed by atoms with Crippen LogP contribution in [-0.2, 0) is 6.54 Å². The molecule has 1 aromatic heterocycles. The Kier molecular flexibility index (Phi) is 5.53. The lowest BCUT2D eigenvalue weighted by Gasteiger charge is -2.09. The Balaban J connectivity index is 2.01. The summed E-state index contributed by atoms with van der Waals surface area (Å²) < 4.78 is 18.9. The van der Waals surface area contributed by atoms with Gasteiger partial charge in [-0.1, -0.05) is 25.4 Å². The standard InChI is InChI=1S/C16H18ClFN2O/c1-11(2)9-19-10-12-5-6-20-16(7-12)21-13-3-4-14(17)15(18)8-13/h3-8,11,19H,9-10H2,1-2H3. The number of aromatic nitrogens is 1. The van der Waals surface area contributed by atoms with Crippen molar-refractivity contribution in [1.82, 2.24) is 10.3 Å². The fraction of sp³-hybridized carbons (Fsp3) is 0.312. The molecule has 1 heterocycles. The molecule has 2 aromatic rings. The molecule has 0 unspecified atom stereocenters. The van der Waals surface area contributed by atoms with Crippen molar-refractivity contribution in [2.75, 3.05) is 6.54 Å². The minimum absolute atomic E-state index is 0.0712. The Labute approximate surface area is 129 Å². The number of nitrogens with one attached hydrogen (secondary N) is 1. The molecule has 0 aliphatic heterocycles. The molecule has 0 bridgehead atoms. The van der Waals surface area contributed by atoms with Crippen LogP contribution in [0, 0.1) is 11.7 Å². The van der Waals surface area contributed by atoms with Crippen LogP contribution in [0.25, 0.3) is 0 Å². The highest BCUT2D eigenvalue weighted by Crippen LogP contribution is 2.24. The molecule has 1 aromatic carbocycles. The first kappa shape index (κ1) is 15.7. The highest BCUT2D eigenvalue weighted by atomic mass is 35.5. The summed E-state index contributed by atoms with van der Waals surface area (Å²) in [6.45, 7) is 6.00. The number of hydrogen-bond donors (Lipinski definition) is 1. The Morgan fingerprint density at radius 1 is 1.29 bits per heavy atom. The third-order valence-electron chi connectivity index (χ3n) is 2.79. The molecular weight excluding hydrogens is 291 g/mol. The molecule has 1 N–H and O–H groups in total. The molecule has 2 rings (SSSR count). The molecule has 0 aliphatic carbocycles. The van der Waals surface area contributed by atoms with Crippen LogP contribution in [0.5, 0.6) is 11.6 Å². The number of hydrogen-bond acceptors (Lipinski definition) is 3. The van der Waals surface area contributed by atoms with Gasteiger partial charge in [-0.05, 0) is 36.2 Å². The number of nitrogens with zero attached hydrogens (tertiary/aromatic N) is 1. The van der Waals surface area contributed by atoms with Crippen LogP contribution in [0.3, 0.4) is 0 Å². The summed E-state index contributed by atoms with van der Waals surface area (Å²) in [5.74, 6) is 0.890. The summed E-state index contributed by atoms with van der Waals surface area (Å²) in [6.07, 6.45) is 1.67. The molecule has 0 spiro atoms. The van der Waals surface area contributed by atoms with Crippen molar-refractivity contribution in [1.29, 1.82) is 0 Å². The summed E-state index contributed by atoms with van der Waals surface area (Å²) in [5, 5.41) is 3.42. The third kappa shape index (κ3) is 4.99. The lowest BCUT2D eigenvalue weighted by Crippen LogP contribution is -2.18. The van der Waals surface area contributed by atoms with Gasteiger partial charge in [0.2, 0.25) is 5.88 Å². The topological polar surface area (TPSA) is 34.2 Å². The first-order chi connectivity index (χ1) is 10.0. The average Bonchev–Trinajstić information content (AvgIpc) is 2.43. The third-order valence-corrected chi connectivity index (χ3v) is 3.10. The molecule has 0 amide bonds. The van der Waals surface area contributed by atoms with Crippen LogP contribution in [0.2, 0.25) is 5.02 Å². The largest absolute Gasteiger partial charge is 0.439 e. The maximum atomic E-state index is 13.4. The van der Waals surface area contributed by atoms with E-state index >= 15 is 0 Å². The van der Waals surface area contributed by atoms with Crippen LogP contribution in [0.1, 0.15) is 19.4 Å². The normalized spacial score (nSPS) is 10.9. The first-order valence-electron chi connectivity index (χ1n) is 6.83. The Hall–Kier alpha value is -1.65. The van der Waals surface area contributed by atoms with Gasteiger partial charge in [-0.3, -0.25) is 0 Å². The van der Waals surface area contributed by atoms with Gasteiger partial charge >= 0.3 is 0 Å². The van der Waals surface area contributed by atoms with Crippen LogP contribution in [-0.4, -0.2) is 11.5 Å². The zero-order chi connectivity index (χ0) is 15.2. The highest BCUT2D eigenvalue weighted by molar-refractivity contribution is 6.30. The van der Waals surface area contributed by atoms with Gasteiger partial charge in [-0.15, -0.1) is 0 Å². The predicted octanol–water partition coefficient (Wildman–Crippen LogP) is 4.41. The molecule has 0 saturated heterocycles. The summed E-state index contributed by atoms with van der Waals surface area (Å²) in [6, 6.07) is 8.06. The summed E-state index contributed by atoms with van der Waals surface area (Å²) >= 11 is 5.64. The van der Waals surface area contributed by atoms with Crippen LogP contribution in [0.4, 0.5) is 4.39 Å². The fourth-order valence-electron chi connectivity index (χ4n) is 1.78. The minimum Gasteiger partial charge on any atom is -0.439 e. The molecule has 0 aliphatic rings. The van der Waals surface area contributed by atoms with Crippen molar-refractivity contribution < 1.29 is 9.13 Å². The zero-order valence-electron chi connectivity index (χ0n) is 12.1. The van der Waals surface area contributed by atoms with E-state index in [4.69, 9.17) is 16.3 Å². The Bertz CT molecular complexity index is 605. The zero-order valence-corrected chi connectivity index (χ0v) is 12.8. The van der Waals surface area contributed by atoms with Gasteiger partial charge < -0.3 is 10.1 Å². The molecule has 0 radical (unpaired) electrons. The molecule has 21 heavy (non-hydrogen) atoms. The van der Waals surface area contributed by atoms with E-state index in [9.17, 15) is 4.39 Å². The van der Waals surface area contributed by atoms with E-state index in [2.05, 4.69) is 24.1 Å². The van der Waals surface area contributed by atoms with E-state index in [1.807, 2.05) is 12.1 Å². The lowest BCUT2D eigenvalue weighted by atomic mass is 10.2. The monoisotopic (exact) mass is 308 g/mol. The maximum Gasteiger partial charge on any atom is 0.219 e. The second-order valence-corrected chi connectivity index (χ2v) is 5.61. The number of halogens is 2. The van der Waals surface area contributed by atoms with Gasteiger partial charge in [0.05, 0.1) is 5.02 Å². The smallest absolute Gasteiger partial charge is 0.219 e. The van der Waals surface area contributed by atoms with Gasteiger partial charge in [0, 0.05) is 24.9 Å². The maximum absolute atomic E-state index is 13.4. The second kappa shape index (κ2) is 7.38. The van der Waals surface area contributed by atoms with Crippen LogP contribution < -0.4 is 10.1 Å². The van der Waals surface area contributed by atoms with Crippen molar-refractivity contribution >= 4 is 11.6 Å². The van der Waals surface area contributed by atoms with Gasteiger partial charge in [0.15, 0.2) is 0 Å². The van der Waals surface area contributed by atoms with Crippen molar-refractivity contribution in [3.05, 3.63) is 52.9 Å². The second-order valence-electron chi connectivity index (χ2n) is 5.21. The van der Waals surface area contributed by atoms with Crippen molar-refractivity contribution in [2.24, 2.45) is 5.92 Å². The first-order valence-corrected chi connectivity index (χ1v) is 7.21. The number of pyridine rings is 1. The number of ether oxygens (including phenoxy) is 1. The Morgan fingerprint density at radius 2 is 2.10 bits per heavy atom. The molecule has 0 atom stereocenters. The van der Waals surface area contributed by atoms with Crippen molar-refractivity contribution in [2.45, 2.75) is 20.4 Å². The summed E-state index contributed by atoms with van der Waals surface area (Å²) in [7, 11) is 0. The van der Waals surface area contributed by atoms with E-state index in [1.165, 1.54) is 12.1 Å². The summed E-state index contributed by atoms with van der Waals surface area (Å²) in [5.41, 5.74) is 1.06. The van der Waals surface area contributed by atoms with Gasteiger partial charge in [0.25, 0.3) is 0 Å². The highest BCUT2D eigenvalue weighted by Gasteiger charge is 2.05. The fourth-order valence-corrected chi connectivity index (χ4v) is 1.90.